The van der Waals surface area contributed by atoms with Gasteiger partial charge in [0.1, 0.15) is 22.8 Å². The molecular weight excluding hydrogens is 608 g/mol. The van der Waals surface area contributed by atoms with Crippen LogP contribution >= 0.6 is 11.3 Å². The molecule has 0 aliphatic heterocycles. The number of ether oxygens (including phenoxy) is 1. The molecule has 3 aromatic heterocycles. The van der Waals surface area contributed by atoms with Crippen LogP contribution < -0.4 is 26.0 Å². The monoisotopic (exact) mass is 648 g/mol. The van der Waals surface area contributed by atoms with Gasteiger partial charge in [0.15, 0.2) is 5.13 Å². The van der Waals surface area contributed by atoms with Gasteiger partial charge in [0.25, 0.3) is 23.6 Å². The van der Waals surface area contributed by atoms with E-state index in [0.29, 0.717) is 45.8 Å². The number of hydrogen-bond acceptors (Lipinski definition) is 8. The lowest BCUT2D eigenvalue weighted by Crippen LogP contribution is -2.28. The molecule has 0 spiro atoms. The number of carbonyl (C=O) groups excluding carboxylic acids is 4. The Morgan fingerprint density at radius 3 is 2.09 bits per heavy atom. The van der Waals surface area contributed by atoms with Crippen molar-refractivity contribution in [3.8, 4) is 5.75 Å². The lowest BCUT2D eigenvalue weighted by molar-refractivity contribution is 0.0944. The van der Waals surface area contributed by atoms with Crippen molar-refractivity contribution in [2.24, 2.45) is 14.1 Å². The number of hydrogen-bond donors (Lipinski definition) is 4. The standard InChI is InChI=1S/C32H40N8O5S/c1-19(2)27-26(31(44)33-12-9-13-38(3)4)36-32(46-27)37-30(43)25-16-22(18-40(25)6)35-29(42)24-15-21(17-39(24)5)34-28(41)20-10-8-11-23(14-20)45-7/h8,10-11,14-19H,9,12-13H2,1-7H3,(H,33,44)(H,34,41)(H,35,42)(H,36,37,43). The second-order valence-corrected chi connectivity index (χ2v) is 12.4. The fourth-order valence-corrected chi connectivity index (χ4v) is 5.62. The maximum absolute atomic E-state index is 13.2. The van der Waals surface area contributed by atoms with Crippen LogP contribution in [0.4, 0.5) is 16.5 Å². The molecule has 46 heavy (non-hydrogen) atoms. The fourth-order valence-electron chi connectivity index (χ4n) is 4.66. The molecule has 0 aliphatic carbocycles. The topological polar surface area (TPSA) is 152 Å². The third-order valence-electron chi connectivity index (χ3n) is 7.00. The zero-order chi connectivity index (χ0) is 33.5. The number of methoxy groups -OCH3 is 1. The van der Waals surface area contributed by atoms with Gasteiger partial charge in [-0.2, -0.15) is 0 Å². The van der Waals surface area contributed by atoms with Gasteiger partial charge in [-0.15, -0.1) is 11.3 Å². The molecule has 4 N–H and O–H groups in total. The van der Waals surface area contributed by atoms with Crippen LogP contribution in [0.5, 0.6) is 5.75 Å². The van der Waals surface area contributed by atoms with Crippen molar-refractivity contribution >= 4 is 51.5 Å². The van der Waals surface area contributed by atoms with Gasteiger partial charge in [-0.05, 0) is 63.3 Å². The van der Waals surface area contributed by atoms with Crippen molar-refractivity contribution in [3.05, 3.63) is 76.3 Å². The highest BCUT2D eigenvalue weighted by Crippen LogP contribution is 2.30. The van der Waals surface area contributed by atoms with Crippen molar-refractivity contribution in [1.82, 2.24) is 24.3 Å². The molecule has 0 fully saturated rings. The van der Waals surface area contributed by atoms with E-state index >= 15 is 0 Å². The van der Waals surface area contributed by atoms with Crippen molar-refractivity contribution in [1.29, 1.82) is 0 Å². The number of aromatic nitrogens is 3. The number of carbonyl (C=O) groups is 4. The molecule has 0 radical (unpaired) electrons. The summed E-state index contributed by atoms with van der Waals surface area (Å²) >= 11 is 1.26. The molecule has 1 aromatic carbocycles. The molecule has 3 heterocycles. The molecule has 0 bridgehead atoms. The molecule has 13 nitrogen and oxygen atoms in total. The number of nitrogens with one attached hydrogen (secondary N) is 4. The quantitative estimate of drug-likeness (QED) is 0.157. The van der Waals surface area contributed by atoms with E-state index in [1.807, 2.05) is 32.8 Å². The number of thiazole rings is 1. The first-order chi connectivity index (χ1) is 21.9. The molecule has 14 heteroatoms. The van der Waals surface area contributed by atoms with Crippen LogP contribution in [0.1, 0.15) is 72.9 Å². The Bertz CT molecular complexity index is 1740. The average Bonchev–Trinajstić information content (AvgIpc) is 3.71. The summed E-state index contributed by atoms with van der Waals surface area (Å²) in [5.74, 6) is -0.885. The summed E-state index contributed by atoms with van der Waals surface area (Å²) in [4.78, 5) is 59.2. The lowest BCUT2D eigenvalue weighted by Gasteiger charge is -2.10. The SMILES string of the molecule is COc1cccc(C(=O)Nc2cc(C(=O)Nc3cc(C(=O)Nc4nc(C(=O)NCCCN(C)C)c(C(C)C)s4)n(C)c3)n(C)c2)c1. The molecule has 4 aromatic rings. The molecular formula is C32H40N8O5S. The maximum atomic E-state index is 13.2. The minimum atomic E-state index is -0.439. The summed E-state index contributed by atoms with van der Waals surface area (Å²) < 4.78 is 8.37. The summed E-state index contributed by atoms with van der Waals surface area (Å²) in [6.07, 6.45) is 4.06. The van der Waals surface area contributed by atoms with Gasteiger partial charge in [0, 0.05) is 43.5 Å². The van der Waals surface area contributed by atoms with E-state index in [9.17, 15) is 19.2 Å². The molecule has 0 saturated heterocycles. The molecule has 4 rings (SSSR count). The number of anilines is 3. The van der Waals surface area contributed by atoms with Gasteiger partial charge in [-0.1, -0.05) is 19.9 Å². The van der Waals surface area contributed by atoms with E-state index in [-0.39, 0.29) is 23.4 Å². The third-order valence-corrected chi connectivity index (χ3v) is 8.28. The lowest BCUT2D eigenvalue weighted by atomic mass is 10.1. The van der Waals surface area contributed by atoms with Crippen LogP contribution in [0.3, 0.4) is 0 Å². The Labute approximate surface area is 271 Å². The van der Waals surface area contributed by atoms with E-state index in [1.54, 1.807) is 72.0 Å². The van der Waals surface area contributed by atoms with Crippen LogP contribution in [-0.2, 0) is 14.1 Å². The van der Waals surface area contributed by atoms with Crippen molar-refractivity contribution in [3.63, 3.8) is 0 Å². The van der Waals surface area contributed by atoms with Crippen molar-refractivity contribution in [2.45, 2.75) is 26.2 Å². The summed E-state index contributed by atoms with van der Waals surface area (Å²) in [6.45, 7) is 5.31. The highest BCUT2D eigenvalue weighted by atomic mass is 32.1. The summed E-state index contributed by atoms with van der Waals surface area (Å²) in [5, 5.41) is 11.6. The van der Waals surface area contributed by atoms with Crippen LogP contribution in [0.2, 0.25) is 0 Å². The predicted molar refractivity (Wildman–Crippen MR) is 179 cm³/mol. The van der Waals surface area contributed by atoms with Crippen LogP contribution in [0, 0.1) is 0 Å². The molecule has 0 unspecified atom stereocenters. The Morgan fingerprint density at radius 1 is 0.891 bits per heavy atom. The first-order valence-electron chi connectivity index (χ1n) is 14.7. The van der Waals surface area contributed by atoms with Crippen LogP contribution in [0.15, 0.2) is 48.8 Å². The molecule has 0 atom stereocenters. The molecule has 244 valence electrons. The average molecular weight is 649 g/mol. The third kappa shape index (κ3) is 8.40. The molecule has 0 aliphatic rings. The smallest absolute Gasteiger partial charge is 0.274 e. The minimum Gasteiger partial charge on any atom is -0.497 e. The zero-order valence-corrected chi connectivity index (χ0v) is 27.9. The van der Waals surface area contributed by atoms with Gasteiger partial charge >= 0.3 is 0 Å². The normalized spacial score (nSPS) is 11.1. The number of benzene rings is 1. The zero-order valence-electron chi connectivity index (χ0n) is 27.1. The van der Waals surface area contributed by atoms with Crippen molar-refractivity contribution < 1.29 is 23.9 Å². The number of nitrogens with zero attached hydrogens (tertiary/aromatic N) is 4. The van der Waals surface area contributed by atoms with E-state index in [1.165, 1.54) is 18.4 Å². The first kappa shape index (κ1) is 33.9. The second kappa shape index (κ2) is 14.9. The van der Waals surface area contributed by atoms with E-state index in [4.69, 9.17) is 4.74 Å². The van der Waals surface area contributed by atoms with Gasteiger partial charge in [-0.3, -0.25) is 24.5 Å². The Balaban J connectivity index is 1.41. The Hall–Kier alpha value is -4.95. The van der Waals surface area contributed by atoms with Crippen LogP contribution in [-0.4, -0.2) is 76.9 Å². The van der Waals surface area contributed by atoms with Gasteiger partial charge in [-0.25, -0.2) is 4.98 Å². The number of aryl methyl sites for hydroxylation is 2. The van der Waals surface area contributed by atoms with Gasteiger partial charge < -0.3 is 34.7 Å². The number of rotatable bonds is 13. The highest BCUT2D eigenvalue weighted by molar-refractivity contribution is 7.16. The Morgan fingerprint density at radius 2 is 1.50 bits per heavy atom. The number of amides is 4. The van der Waals surface area contributed by atoms with E-state index in [0.717, 1.165) is 17.8 Å². The van der Waals surface area contributed by atoms with Crippen LogP contribution in [0.25, 0.3) is 0 Å². The van der Waals surface area contributed by atoms with E-state index in [2.05, 4.69) is 26.3 Å². The molecule has 0 saturated carbocycles. The first-order valence-corrected chi connectivity index (χ1v) is 15.5. The highest BCUT2D eigenvalue weighted by Gasteiger charge is 2.23. The summed E-state index contributed by atoms with van der Waals surface area (Å²) in [7, 11) is 8.86. The molecule has 4 amide bonds. The Kier molecular flexibility index (Phi) is 11.0. The summed E-state index contributed by atoms with van der Waals surface area (Å²) in [6, 6.07) is 9.87. The minimum absolute atomic E-state index is 0.0377. The largest absolute Gasteiger partial charge is 0.497 e. The van der Waals surface area contributed by atoms with E-state index < -0.39 is 11.8 Å². The maximum Gasteiger partial charge on any atom is 0.274 e. The van der Waals surface area contributed by atoms with Gasteiger partial charge in [0.2, 0.25) is 0 Å². The predicted octanol–water partition coefficient (Wildman–Crippen LogP) is 4.39. The van der Waals surface area contributed by atoms with Gasteiger partial charge in [0.05, 0.1) is 18.5 Å². The second-order valence-electron chi connectivity index (χ2n) is 11.3. The summed E-state index contributed by atoms with van der Waals surface area (Å²) in [5.41, 5.74) is 2.15. The fraction of sp³-hybridized carbons (Fsp3) is 0.344. The van der Waals surface area contributed by atoms with Crippen molar-refractivity contribution in [2.75, 3.05) is 50.2 Å².